The van der Waals surface area contributed by atoms with Gasteiger partial charge in [0.2, 0.25) is 0 Å². The summed E-state index contributed by atoms with van der Waals surface area (Å²) >= 11 is 4.16. The Hall–Kier alpha value is -1.36. The van der Waals surface area contributed by atoms with E-state index in [2.05, 4.69) is 28.0 Å². The van der Waals surface area contributed by atoms with Crippen LogP contribution in [-0.2, 0) is 0 Å². The van der Waals surface area contributed by atoms with E-state index in [0.717, 1.165) is 10.6 Å². The zero-order valence-corrected chi connectivity index (χ0v) is 7.02. The van der Waals surface area contributed by atoms with Crippen LogP contribution in [0.25, 0.3) is 5.69 Å². The van der Waals surface area contributed by atoms with Gasteiger partial charge in [0.05, 0.1) is 5.69 Å². The van der Waals surface area contributed by atoms with Gasteiger partial charge in [-0.2, -0.15) is 0 Å². The molecule has 2 rings (SSSR count). The molecule has 0 saturated carbocycles. The molecule has 0 aliphatic rings. The second-order valence-electron chi connectivity index (χ2n) is 2.24. The molecule has 0 N–H and O–H groups in total. The van der Waals surface area contributed by atoms with E-state index in [1.165, 1.54) is 11.1 Å². The number of benzene rings is 1. The lowest BCUT2D eigenvalue weighted by Gasteiger charge is -1.96. The Balaban J connectivity index is 2.43. The highest BCUT2D eigenvalue weighted by molar-refractivity contribution is 7.80. The normalized spacial score (nSPS) is 10.1. The van der Waals surface area contributed by atoms with Crippen LogP contribution in [0.4, 0.5) is 0 Å². The third-order valence-electron chi connectivity index (χ3n) is 1.43. The monoisotopic (exact) mass is 178 g/mol. The van der Waals surface area contributed by atoms with Crippen LogP contribution in [0.3, 0.4) is 0 Å². The van der Waals surface area contributed by atoms with Crippen LogP contribution >= 0.6 is 12.6 Å². The van der Waals surface area contributed by atoms with Crippen LogP contribution in [0.15, 0.2) is 35.5 Å². The first-order chi connectivity index (χ1) is 5.86. The van der Waals surface area contributed by atoms with E-state index in [4.69, 9.17) is 0 Å². The van der Waals surface area contributed by atoms with E-state index in [9.17, 15) is 0 Å². The summed E-state index contributed by atoms with van der Waals surface area (Å²) in [4.78, 5) is 2.37. The minimum absolute atomic E-state index is 0.880. The smallest absolute Gasteiger partial charge is 0.143 e. The summed E-state index contributed by atoms with van der Waals surface area (Å²) in [5.41, 5.74) is 0.880. The van der Waals surface area contributed by atoms with Gasteiger partial charge in [-0.3, -0.25) is 0 Å². The van der Waals surface area contributed by atoms with Crippen LogP contribution in [-0.4, -0.2) is 20.2 Å². The molecule has 4 nitrogen and oxygen atoms in total. The molecule has 12 heavy (non-hydrogen) atoms. The van der Waals surface area contributed by atoms with Crippen LogP contribution in [0.2, 0.25) is 0 Å². The van der Waals surface area contributed by atoms with Gasteiger partial charge < -0.3 is 0 Å². The largest absolute Gasteiger partial charge is 0.162 e. The van der Waals surface area contributed by atoms with E-state index in [1.54, 1.807) is 0 Å². The highest BCUT2D eigenvalue weighted by Gasteiger charge is 1.95. The first-order valence-corrected chi connectivity index (χ1v) is 3.83. The Morgan fingerprint density at radius 1 is 1.17 bits per heavy atom. The van der Waals surface area contributed by atoms with Gasteiger partial charge in [0.15, 0.2) is 6.33 Å². The van der Waals surface area contributed by atoms with E-state index < -0.39 is 0 Å². The SMILES string of the molecule is Sc1ccc(-n2ncnn2)cc1. The van der Waals surface area contributed by atoms with E-state index in [0.29, 0.717) is 0 Å². The van der Waals surface area contributed by atoms with Gasteiger partial charge in [0.25, 0.3) is 0 Å². The Labute approximate surface area is 74.6 Å². The van der Waals surface area contributed by atoms with Gasteiger partial charge in [0.1, 0.15) is 0 Å². The summed E-state index contributed by atoms with van der Waals surface area (Å²) in [5.74, 6) is 0. The van der Waals surface area contributed by atoms with Crippen molar-refractivity contribution in [2.75, 3.05) is 0 Å². The molecule has 1 aromatic carbocycles. The Morgan fingerprint density at radius 2 is 1.92 bits per heavy atom. The molecule has 0 aliphatic carbocycles. The highest BCUT2D eigenvalue weighted by Crippen LogP contribution is 2.09. The van der Waals surface area contributed by atoms with E-state index >= 15 is 0 Å². The molecule has 60 valence electrons. The Kier molecular flexibility index (Phi) is 1.79. The van der Waals surface area contributed by atoms with Gasteiger partial charge in [-0.25, -0.2) is 0 Å². The lowest BCUT2D eigenvalue weighted by Crippen LogP contribution is -1.97. The standard InChI is InChI=1S/C7H6N4S/c12-7-3-1-6(2-4-7)11-9-5-8-10-11/h1-5,12H. The molecule has 0 aliphatic heterocycles. The molecule has 1 heterocycles. The predicted molar refractivity (Wildman–Crippen MR) is 46.4 cm³/mol. The van der Waals surface area contributed by atoms with Crippen molar-refractivity contribution >= 4 is 12.6 Å². The Morgan fingerprint density at radius 3 is 2.50 bits per heavy atom. The van der Waals surface area contributed by atoms with Crippen molar-refractivity contribution in [3.63, 3.8) is 0 Å². The highest BCUT2D eigenvalue weighted by atomic mass is 32.1. The predicted octanol–water partition coefficient (Wildman–Crippen LogP) is 0.951. The molecule has 1 aromatic heterocycles. The number of rotatable bonds is 1. The molecule has 0 fully saturated rings. The minimum atomic E-state index is 0.880. The number of nitrogens with zero attached hydrogens (tertiary/aromatic N) is 4. The molecular weight excluding hydrogens is 172 g/mol. The third-order valence-corrected chi connectivity index (χ3v) is 1.73. The summed E-state index contributed by atoms with van der Waals surface area (Å²) in [6.07, 6.45) is 1.40. The number of aromatic nitrogens is 4. The fraction of sp³-hybridized carbons (Fsp3) is 0. The maximum atomic E-state index is 4.16. The van der Waals surface area contributed by atoms with Gasteiger partial charge >= 0.3 is 0 Å². The summed E-state index contributed by atoms with van der Waals surface area (Å²) in [5, 5.41) is 11.2. The second-order valence-corrected chi connectivity index (χ2v) is 2.76. The van der Waals surface area contributed by atoms with Crippen LogP contribution in [0.5, 0.6) is 0 Å². The van der Waals surface area contributed by atoms with Crippen molar-refractivity contribution in [1.82, 2.24) is 20.2 Å². The Bertz CT molecular complexity index is 353. The van der Waals surface area contributed by atoms with Crippen LogP contribution < -0.4 is 0 Å². The topological polar surface area (TPSA) is 43.6 Å². The summed E-state index contributed by atoms with van der Waals surface area (Å²) in [6, 6.07) is 7.51. The van der Waals surface area contributed by atoms with E-state index in [1.807, 2.05) is 24.3 Å². The number of thiol groups is 1. The quantitative estimate of drug-likeness (QED) is 0.661. The van der Waals surface area contributed by atoms with Crippen molar-refractivity contribution in [2.45, 2.75) is 4.90 Å². The first kappa shape index (κ1) is 7.30. The molecule has 0 amide bonds. The fourth-order valence-corrected chi connectivity index (χ4v) is 1.02. The summed E-state index contributed by atoms with van der Waals surface area (Å²) < 4.78 is 0. The van der Waals surface area contributed by atoms with Gasteiger partial charge in [-0.05, 0) is 29.5 Å². The molecule has 0 unspecified atom stereocenters. The van der Waals surface area contributed by atoms with Crippen molar-refractivity contribution < 1.29 is 0 Å². The maximum Gasteiger partial charge on any atom is 0.162 e. The van der Waals surface area contributed by atoms with Crippen molar-refractivity contribution in [1.29, 1.82) is 0 Å². The van der Waals surface area contributed by atoms with Gasteiger partial charge in [0, 0.05) is 4.90 Å². The zero-order chi connectivity index (χ0) is 8.39. The average Bonchev–Trinajstić information content (AvgIpc) is 2.58. The molecule has 0 saturated heterocycles. The van der Waals surface area contributed by atoms with Crippen molar-refractivity contribution in [3.05, 3.63) is 30.6 Å². The van der Waals surface area contributed by atoms with Gasteiger partial charge in [-0.1, -0.05) is 0 Å². The number of hydrogen-bond donors (Lipinski definition) is 1. The molecule has 0 atom stereocenters. The lowest BCUT2D eigenvalue weighted by atomic mass is 10.3. The third kappa shape index (κ3) is 1.31. The van der Waals surface area contributed by atoms with Gasteiger partial charge in [-0.15, -0.1) is 27.6 Å². The zero-order valence-electron chi connectivity index (χ0n) is 6.12. The molecule has 0 radical (unpaired) electrons. The summed E-state index contributed by atoms with van der Waals surface area (Å²) in [6.45, 7) is 0. The fourth-order valence-electron chi connectivity index (χ4n) is 0.871. The summed E-state index contributed by atoms with van der Waals surface area (Å²) in [7, 11) is 0. The second kappa shape index (κ2) is 2.94. The van der Waals surface area contributed by atoms with Crippen molar-refractivity contribution in [2.24, 2.45) is 0 Å². The van der Waals surface area contributed by atoms with Crippen LogP contribution in [0, 0.1) is 0 Å². The van der Waals surface area contributed by atoms with Crippen molar-refractivity contribution in [3.8, 4) is 5.69 Å². The lowest BCUT2D eigenvalue weighted by molar-refractivity contribution is 0.719. The average molecular weight is 178 g/mol. The first-order valence-electron chi connectivity index (χ1n) is 3.38. The van der Waals surface area contributed by atoms with E-state index in [-0.39, 0.29) is 0 Å². The van der Waals surface area contributed by atoms with Crippen LogP contribution in [0.1, 0.15) is 0 Å². The molecule has 2 aromatic rings. The molecule has 5 heteroatoms. The molecule has 0 bridgehead atoms. The number of tetrazole rings is 1. The minimum Gasteiger partial charge on any atom is -0.143 e. The molecular formula is C7H6N4S. The molecule has 0 spiro atoms. The maximum absolute atomic E-state index is 4.16. The number of hydrogen-bond acceptors (Lipinski definition) is 4.